The highest BCUT2D eigenvalue weighted by molar-refractivity contribution is 6.29. The van der Waals surface area contributed by atoms with E-state index in [0.29, 0.717) is 5.15 Å². The Morgan fingerprint density at radius 2 is 2.00 bits per heavy atom. The molecule has 0 atom stereocenters. The number of hydrogen-bond donors (Lipinski definition) is 0. The highest BCUT2D eigenvalue weighted by Crippen LogP contribution is 2.30. The van der Waals surface area contributed by atoms with Gasteiger partial charge in [0.1, 0.15) is 10.7 Å². The summed E-state index contributed by atoms with van der Waals surface area (Å²) in [6, 6.07) is 11.0. The molecule has 18 heavy (non-hydrogen) atoms. The van der Waals surface area contributed by atoms with E-state index in [1.807, 2.05) is 24.3 Å². The Hall–Kier alpha value is -2.00. The molecule has 3 rings (SSSR count). The first-order valence-electron chi connectivity index (χ1n) is 5.50. The quantitative estimate of drug-likeness (QED) is 0.628. The van der Waals surface area contributed by atoms with Crippen molar-refractivity contribution in [3.63, 3.8) is 0 Å². The number of benzene rings is 1. The molecular weight excluding hydrogens is 250 g/mol. The maximum atomic E-state index is 11.7. The Morgan fingerprint density at radius 1 is 1.22 bits per heavy atom. The van der Waals surface area contributed by atoms with E-state index >= 15 is 0 Å². The molecule has 0 aliphatic heterocycles. The number of furan rings is 1. The van der Waals surface area contributed by atoms with Crippen LogP contribution in [-0.2, 0) is 7.05 Å². The number of hydrogen-bond acceptors (Lipinski definition) is 2. The number of pyridine rings is 1. The lowest BCUT2D eigenvalue weighted by Gasteiger charge is -2.03. The molecule has 0 amide bonds. The molecule has 0 saturated carbocycles. The molecule has 3 aromatic rings. The van der Waals surface area contributed by atoms with Gasteiger partial charge in [0, 0.05) is 24.1 Å². The van der Waals surface area contributed by atoms with Crippen molar-refractivity contribution in [3.05, 3.63) is 58.2 Å². The molecule has 0 fully saturated rings. The Kier molecular flexibility index (Phi) is 2.49. The van der Waals surface area contributed by atoms with Gasteiger partial charge in [0.15, 0.2) is 0 Å². The molecule has 0 N–H and O–H groups in total. The Labute approximate surface area is 108 Å². The summed E-state index contributed by atoms with van der Waals surface area (Å²) in [5.74, 6) is 0. The molecule has 0 saturated heterocycles. The largest absolute Gasteiger partial charge is 0.464 e. The maximum absolute atomic E-state index is 11.7. The average molecular weight is 260 g/mol. The molecule has 3 nitrogen and oxygen atoms in total. The van der Waals surface area contributed by atoms with Crippen LogP contribution in [0.1, 0.15) is 0 Å². The summed E-state index contributed by atoms with van der Waals surface area (Å²) in [5.41, 5.74) is 2.31. The summed E-state index contributed by atoms with van der Waals surface area (Å²) < 4.78 is 6.86. The second kappa shape index (κ2) is 4.03. The van der Waals surface area contributed by atoms with Crippen molar-refractivity contribution in [2.75, 3.05) is 0 Å². The van der Waals surface area contributed by atoms with E-state index in [1.54, 1.807) is 25.4 Å². The Bertz CT molecular complexity index is 786. The number of fused-ring (bicyclic) bond motifs is 1. The van der Waals surface area contributed by atoms with E-state index in [-0.39, 0.29) is 5.56 Å². The van der Waals surface area contributed by atoms with Crippen LogP contribution in [0.5, 0.6) is 0 Å². The third-order valence-corrected chi connectivity index (χ3v) is 3.36. The minimum atomic E-state index is -0.136. The molecule has 2 aromatic heterocycles. The predicted octanol–water partition coefficient (Wildman–Crippen LogP) is 3.45. The van der Waals surface area contributed by atoms with E-state index in [4.69, 9.17) is 16.0 Å². The third-order valence-electron chi connectivity index (χ3n) is 3.00. The maximum Gasteiger partial charge on any atom is 0.252 e. The van der Waals surface area contributed by atoms with Crippen molar-refractivity contribution in [2.24, 2.45) is 7.05 Å². The van der Waals surface area contributed by atoms with E-state index in [2.05, 4.69) is 0 Å². The molecular formula is C14H10ClNO2. The molecule has 0 spiro atoms. The minimum absolute atomic E-state index is 0.136. The van der Waals surface area contributed by atoms with Crippen molar-refractivity contribution in [3.8, 4) is 11.1 Å². The lowest BCUT2D eigenvalue weighted by atomic mass is 10.1. The third kappa shape index (κ3) is 1.64. The van der Waals surface area contributed by atoms with Crippen molar-refractivity contribution < 1.29 is 4.42 Å². The van der Waals surface area contributed by atoms with Crippen LogP contribution in [0.3, 0.4) is 0 Å². The van der Waals surface area contributed by atoms with Crippen molar-refractivity contribution in [1.29, 1.82) is 0 Å². The minimum Gasteiger partial charge on any atom is -0.464 e. The second-order valence-corrected chi connectivity index (χ2v) is 4.50. The van der Waals surface area contributed by atoms with Crippen LogP contribution in [0.25, 0.3) is 22.1 Å². The predicted molar refractivity (Wildman–Crippen MR) is 71.9 cm³/mol. The van der Waals surface area contributed by atoms with Gasteiger partial charge < -0.3 is 8.98 Å². The van der Waals surface area contributed by atoms with Gasteiger partial charge in [-0.1, -0.05) is 29.8 Å². The smallest absolute Gasteiger partial charge is 0.252 e. The molecule has 0 radical (unpaired) electrons. The zero-order valence-corrected chi connectivity index (χ0v) is 10.4. The SMILES string of the molecule is Cn1c(Cl)cc(-c2coc3ccccc23)cc1=O. The van der Waals surface area contributed by atoms with Gasteiger partial charge in [0.25, 0.3) is 5.56 Å². The fourth-order valence-electron chi connectivity index (χ4n) is 1.96. The van der Waals surface area contributed by atoms with E-state index in [1.165, 1.54) is 4.57 Å². The summed E-state index contributed by atoms with van der Waals surface area (Å²) in [6.45, 7) is 0. The zero-order chi connectivity index (χ0) is 12.7. The highest BCUT2D eigenvalue weighted by atomic mass is 35.5. The van der Waals surface area contributed by atoms with E-state index in [0.717, 1.165) is 22.1 Å². The average Bonchev–Trinajstić information content (AvgIpc) is 2.79. The Morgan fingerprint density at radius 3 is 2.78 bits per heavy atom. The molecule has 2 heterocycles. The van der Waals surface area contributed by atoms with E-state index in [9.17, 15) is 4.79 Å². The fourth-order valence-corrected chi connectivity index (χ4v) is 2.16. The second-order valence-electron chi connectivity index (χ2n) is 4.11. The van der Waals surface area contributed by atoms with Crippen LogP contribution in [0, 0.1) is 0 Å². The molecule has 0 aliphatic rings. The number of rotatable bonds is 1. The summed E-state index contributed by atoms with van der Waals surface area (Å²) in [4.78, 5) is 11.7. The lowest BCUT2D eigenvalue weighted by Crippen LogP contribution is -2.15. The monoisotopic (exact) mass is 259 g/mol. The Balaban J connectivity index is 2.30. The first-order chi connectivity index (χ1) is 8.66. The highest BCUT2D eigenvalue weighted by Gasteiger charge is 2.10. The van der Waals surface area contributed by atoms with Gasteiger partial charge in [0.2, 0.25) is 0 Å². The standard InChI is InChI=1S/C14H10ClNO2/c1-16-13(15)6-9(7-14(16)17)11-8-18-12-5-3-2-4-10(11)12/h2-8H,1H3. The van der Waals surface area contributed by atoms with Crippen molar-refractivity contribution in [1.82, 2.24) is 4.57 Å². The fraction of sp³-hybridized carbons (Fsp3) is 0.0714. The number of aromatic nitrogens is 1. The van der Waals surface area contributed by atoms with Gasteiger partial charge >= 0.3 is 0 Å². The number of para-hydroxylation sites is 1. The van der Waals surface area contributed by atoms with Gasteiger partial charge in [-0.3, -0.25) is 4.79 Å². The lowest BCUT2D eigenvalue weighted by molar-refractivity contribution is 0.617. The van der Waals surface area contributed by atoms with Crippen molar-refractivity contribution in [2.45, 2.75) is 0 Å². The van der Waals surface area contributed by atoms with Gasteiger partial charge in [-0.05, 0) is 17.7 Å². The molecule has 1 aromatic carbocycles. The summed E-state index contributed by atoms with van der Waals surface area (Å²) in [7, 11) is 1.64. The first-order valence-corrected chi connectivity index (χ1v) is 5.88. The first kappa shape index (κ1) is 11.1. The molecule has 0 bridgehead atoms. The van der Waals surface area contributed by atoms with Gasteiger partial charge in [-0.15, -0.1) is 0 Å². The molecule has 0 aliphatic carbocycles. The van der Waals surface area contributed by atoms with E-state index < -0.39 is 0 Å². The zero-order valence-electron chi connectivity index (χ0n) is 9.68. The van der Waals surface area contributed by atoms with Crippen LogP contribution in [0.2, 0.25) is 5.15 Å². The van der Waals surface area contributed by atoms with Crippen LogP contribution in [0.15, 0.2) is 51.9 Å². The molecule has 90 valence electrons. The van der Waals surface area contributed by atoms with Gasteiger partial charge in [0.05, 0.1) is 6.26 Å². The normalized spacial score (nSPS) is 11.0. The summed E-state index contributed by atoms with van der Waals surface area (Å²) in [6.07, 6.45) is 1.65. The van der Waals surface area contributed by atoms with Crippen LogP contribution < -0.4 is 5.56 Å². The molecule has 0 unspecified atom stereocenters. The topological polar surface area (TPSA) is 35.1 Å². The van der Waals surface area contributed by atoms with Gasteiger partial charge in [-0.2, -0.15) is 0 Å². The summed E-state index contributed by atoms with van der Waals surface area (Å²) >= 11 is 6.02. The van der Waals surface area contributed by atoms with Crippen LogP contribution in [0.4, 0.5) is 0 Å². The van der Waals surface area contributed by atoms with Crippen LogP contribution >= 0.6 is 11.6 Å². The number of halogens is 1. The van der Waals surface area contributed by atoms with Crippen molar-refractivity contribution >= 4 is 22.6 Å². The number of nitrogens with zero attached hydrogens (tertiary/aromatic N) is 1. The van der Waals surface area contributed by atoms with Crippen LogP contribution in [-0.4, -0.2) is 4.57 Å². The van der Waals surface area contributed by atoms with Gasteiger partial charge in [-0.25, -0.2) is 0 Å². The summed E-state index contributed by atoms with van der Waals surface area (Å²) in [5, 5.41) is 1.38. The molecule has 4 heteroatoms.